The number of fused-ring (bicyclic) bond motifs is 1. The molecule has 0 amide bonds. The number of nitrogens with zero attached hydrogens (tertiary/aromatic N) is 1. The standard InChI is InChI=1S/C10H9NO2/c12-10(13)7-9-5-4-8-3-1-2-6-11(8)9/h1-6H,7H2,(H,12,13). The van der Waals surface area contributed by atoms with Gasteiger partial charge in [-0.15, -0.1) is 0 Å². The lowest BCUT2D eigenvalue weighted by Crippen LogP contribution is -2.02. The van der Waals surface area contributed by atoms with E-state index in [9.17, 15) is 4.79 Å². The van der Waals surface area contributed by atoms with Crippen LogP contribution in [0.25, 0.3) is 5.52 Å². The van der Waals surface area contributed by atoms with Crippen LogP contribution in [0.1, 0.15) is 5.69 Å². The summed E-state index contributed by atoms with van der Waals surface area (Å²) in [5.74, 6) is -0.802. The molecule has 0 saturated carbocycles. The predicted molar refractivity (Wildman–Crippen MR) is 48.7 cm³/mol. The van der Waals surface area contributed by atoms with Crippen molar-refractivity contribution in [2.24, 2.45) is 0 Å². The monoisotopic (exact) mass is 175 g/mol. The van der Waals surface area contributed by atoms with Gasteiger partial charge in [-0.1, -0.05) is 6.07 Å². The maximum Gasteiger partial charge on any atom is 0.309 e. The minimum atomic E-state index is -0.802. The van der Waals surface area contributed by atoms with Gasteiger partial charge in [-0.3, -0.25) is 4.79 Å². The van der Waals surface area contributed by atoms with E-state index in [0.29, 0.717) is 0 Å². The second-order valence-corrected chi connectivity index (χ2v) is 2.89. The van der Waals surface area contributed by atoms with E-state index in [-0.39, 0.29) is 6.42 Å². The van der Waals surface area contributed by atoms with Crippen molar-refractivity contribution < 1.29 is 9.90 Å². The van der Waals surface area contributed by atoms with Crippen LogP contribution in [-0.2, 0) is 11.2 Å². The summed E-state index contributed by atoms with van der Waals surface area (Å²) >= 11 is 0. The minimum Gasteiger partial charge on any atom is -0.481 e. The van der Waals surface area contributed by atoms with E-state index >= 15 is 0 Å². The van der Waals surface area contributed by atoms with Gasteiger partial charge < -0.3 is 9.51 Å². The topological polar surface area (TPSA) is 41.7 Å². The quantitative estimate of drug-likeness (QED) is 0.752. The second kappa shape index (κ2) is 2.94. The number of rotatable bonds is 2. The van der Waals surface area contributed by atoms with Crippen LogP contribution in [0.4, 0.5) is 0 Å². The highest BCUT2D eigenvalue weighted by atomic mass is 16.4. The smallest absolute Gasteiger partial charge is 0.309 e. The molecule has 2 heterocycles. The van der Waals surface area contributed by atoms with Crippen LogP contribution >= 0.6 is 0 Å². The summed E-state index contributed by atoms with van der Waals surface area (Å²) in [6, 6.07) is 9.52. The van der Waals surface area contributed by atoms with Gasteiger partial charge in [0.25, 0.3) is 0 Å². The molecule has 13 heavy (non-hydrogen) atoms. The highest BCUT2D eigenvalue weighted by Gasteiger charge is 2.04. The molecule has 2 rings (SSSR count). The molecule has 0 unspecified atom stereocenters. The fourth-order valence-electron chi connectivity index (χ4n) is 1.41. The summed E-state index contributed by atoms with van der Waals surface area (Å²) in [6.07, 6.45) is 1.94. The summed E-state index contributed by atoms with van der Waals surface area (Å²) < 4.78 is 1.88. The van der Waals surface area contributed by atoms with Gasteiger partial charge in [0.05, 0.1) is 6.42 Å². The van der Waals surface area contributed by atoms with Gasteiger partial charge in [-0.05, 0) is 24.3 Å². The molecule has 2 aromatic rings. The molecule has 3 nitrogen and oxygen atoms in total. The van der Waals surface area contributed by atoms with Crippen LogP contribution in [0.15, 0.2) is 36.5 Å². The Kier molecular flexibility index (Phi) is 1.77. The van der Waals surface area contributed by atoms with E-state index in [0.717, 1.165) is 11.2 Å². The zero-order valence-corrected chi connectivity index (χ0v) is 6.97. The summed E-state index contributed by atoms with van der Waals surface area (Å²) in [7, 11) is 0. The lowest BCUT2D eigenvalue weighted by Gasteiger charge is -1.98. The fourth-order valence-corrected chi connectivity index (χ4v) is 1.41. The van der Waals surface area contributed by atoms with Crippen molar-refractivity contribution in [1.82, 2.24) is 4.40 Å². The third-order valence-corrected chi connectivity index (χ3v) is 1.98. The number of carbonyl (C=O) groups is 1. The van der Waals surface area contributed by atoms with E-state index < -0.39 is 5.97 Å². The predicted octanol–water partition coefficient (Wildman–Crippen LogP) is 1.57. The molecule has 0 saturated heterocycles. The fraction of sp³-hybridized carbons (Fsp3) is 0.100. The molecule has 0 radical (unpaired) electrons. The summed E-state index contributed by atoms with van der Waals surface area (Å²) in [5.41, 5.74) is 1.84. The molecule has 0 aliphatic rings. The van der Waals surface area contributed by atoms with Crippen molar-refractivity contribution in [3.05, 3.63) is 42.2 Å². The number of hydrogen-bond acceptors (Lipinski definition) is 1. The maximum absolute atomic E-state index is 10.5. The van der Waals surface area contributed by atoms with Crippen LogP contribution in [0.5, 0.6) is 0 Å². The Morgan fingerprint density at radius 1 is 1.31 bits per heavy atom. The molecule has 3 heteroatoms. The third-order valence-electron chi connectivity index (χ3n) is 1.98. The first-order chi connectivity index (χ1) is 6.27. The first-order valence-electron chi connectivity index (χ1n) is 4.04. The van der Waals surface area contributed by atoms with Gasteiger partial charge >= 0.3 is 5.97 Å². The van der Waals surface area contributed by atoms with Crippen LogP contribution in [-0.4, -0.2) is 15.5 Å². The average molecular weight is 175 g/mol. The van der Waals surface area contributed by atoms with E-state index in [2.05, 4.69) is 0 Å². The lowest BCUT2D eigenvalue weighted by molar-refractivity contribution is -0.136. The first-order valence-corrected chi connectivity index (χ1v) is 4.04. The number of pyridine rings is 1. The minimum absolute atomic E-state index is 0.0676. The SMILES string of the molecule is O=C(O)Cc1ccc2ccccn12. The van der Waals surface area contributed by atoms with Crippen LogP contribution in [0, 0.1) is 0 Å². The number of hydrogen-bond donors (Lipinski definition) is 1. The Morgan fingerprint density at radius 3 is 2.92 bits per heavy atom. The average Bonchev–Trinajstić information content (AvgIpc) is 2.48. The molecule has 0 fully saturated rings. The van der Waals surface area contributed by atoms with Crippen molar-refractivity contribution in [1.29, 1.82) is 0 Å². The van der Waals surface area contributed by atoms with E-state index in [1.54, 1.807) is 0 Å². The van der Waals surface area contributed by atoms with Crippen molar-refractivity contribution in [3.8, 4) is 0 Å². The first kappa shape index (κ1) is 7.86. The largest absolute Gasteiger partial charge is 0.481 e. The van der Waals surface area contributed by atoms with E-state index in [1.807, 2.05) is 40.9 Å². The Morgan fingerprint density at radius 2 is 2.15 bits per heavy atom. The third kappa shape index (κ3) is 1.40. The Labute approximate surface area is 75.2 Å². The van der Waals surface area contributed by atoms with Gasteiger partial charge in [-0.25, -0.2) is 0 Å². The van der Waals surface area contributed by atoms with Gasteiger partial charge in [0.15, 0.2) is 0 Å². The molecule has 2 aromatic heterocycles. The molecule has 0 aromatic carbocycles. The molecule has 0 bridgehead atoms. The van der Waals surface area contributed by atoms with Crippen LogP contribution in [0.3, 0.4) is 0 Å². The Balaban J connectivity index is 2.51. The second-order valence-electron chi connectivity index (χ2n) is 2.89. The van der Waals surface area contributed by atoms with E-state index in [4.69, 9.17) is 5.11 Å². The summed E-state index contributed by atoms with van der Waals surface area (Å²) in [6.45, 7) is 0. The number of carboxylic acids is 1. The van der Waals surface area contributed by atoms with Crippen molar-refractivity contribution in [3.63, 3.8) is 0 Å². The lowest BCUT2D eigenvalue weighted by atomic mass is 10.3. The molecular weight excluding hydrogens is 166 g/mol. The van der Waals surface area contributed by atoms with Crippen LogP contribution in [0.2, 0.25) is 0 Å². The maximum atomic E-state index is 10.5. The molecule has 1 N–H and O–H groups in total. The molecule has 0 aliphatic heterocycles. The Bertz CT molecular complexity index is 445. The van der Waals surface area contributed by atoms with E-state index in [1.165, 1.54) is 0 Å². The zero-order chi connectivity index (χ0) is 9.26. The molecule has 0 atom stereocenters. The van der Waals surface area contributed by atoms with Crippen molar-refractivity contribution >= 4 is 11.5 Å². The van der Waals surface area contributed by atoms with Gasteiger partial charge in [0, 0.05) is 17.4 Å². The molecular formula is C10H9NO2. The van der Waals surface area contributed by atoms with Crippen molar-refractivity contribution in [2.75, 3.05) is 0 Å². The molecule has 66 valence electrons. The number of carboxylic acid groups (broad SMARTS) is 1. The van der Waals surface area contributed by atoms with Crippen molar-refractivity contribution in [2.45, 2.75) is 6.42 Å². The normalized spacial score (nSPS) is 10.5. The summed E-state index contributed by atoms with van der Waals surface area (Å²) in [4.78, 5) is 10.5. The number of aromatic nitrogens is 1. The Hall–Kier alpha value is -1.77. The highest BCUT2D eigenvalue weighted by molar-refractivity contribution is 5.70. The molecule has 0 aliphatic carbocycles. The zero-order valence-electron chi connectivity index (χ0n) is 6.97. The van der Waals surface area contributed by atoms with Gasteiger partial charge in [0.1, 0.15) is 0 Å². The van der Waals surface area contributed by atoms with Gasteiger partial charge in [0.2, 0.25) is 0 Å². The number of aliphatic carboxylic acids is 1. The highest BCUT2D eigenvalue weighted by Crippen LogP contribution is 2.09. The molecule has 0 spiro atoms. The van der Waals surface area contributed by atoms with Crippen LogP contribution < -0.4 is 0 Å². The summed E-state index contributed by atoms with van der Waals surface area (Å²) in [5, 5.41) is 8.63. The van der Waals surface area contributed by atoms with Gasteiger partial charge in [-0.2, -0.15) is 0 Å².